The van der Waals surface area contributed by atoms with E-state index in [1.807, 2.05) is 22.2 Å². The summed E-state index contributed by atoms with van der Waals surface area (Å²) in [6.45, 7) is 0.400. The molecule has 0 aliphatic heterocycles. The van der Waals surface area contributed by atoms with Crippen molar-refractivity contribution in [2.45, 2.75) is 6.54 Å². The van der Waals surface area contributed by atoms with Gasteiger partial charge in [-0.3, -0.25) is 13.8 Å². The summed E-state index contributed by atoms with van der Waals surface area (Å²) in [7, 11) is 0. The van der Waals surface area contributed by atoms with Crippen molar-refractivity contribution in [3.8, 4) is 0 Å². The van der Waals surface area contributed by atoms with Crippen LogP contribution in [0.1, 0.15) is 5.69 Å². The van der Waals surface area contributed by atoms with Crippen LogP contribution in [0.3, 0.4) is 0 Å². The van der Waals surface area contributed by atoms with E-state index < -0.39 is 0 Å². The summed E-state index contributed by atoms with van der Waals surface area (Å²) in [6, 6.07) is 1.29. The number of fused-ring (bicyclic) bond motifs is 1. The van der Waals surface area contributed by atoms with E-state index in [4.69, 9.17) is 11.6 Å². The van der Waals surface area contributed by atoms with Gasteiger partial charge in [0.05, 0.1) is 18.6 Å². The zero-order valence-corrected chi connectivity index (χ0v) is 10.1. The average Bonchev–Trinajstić information content (AvgIpc) is 2.82. The fraction of sp³-hybridized carbons (Fsp3) is 0.100. The van der Waals surface area contributed by atoms with Crippen LogP contribution in [0.2, 0.25) is 5.15 Å². The van der Waals surface area contributed by atoms with E-state index in [0.717, 1.165) is 10.7 Å². The van der Waals surface area contributed by atoms with Crippen molar-refractivity contribution in [2.75, 3.05) is 0 Å². The Bertz CT molecular complexity index is 701. The second-order valence-electron chi connectivity index (χ2n) is 3.50. The highest BCUT2D eigenvalue weighted by molar-refractivity contribution is 7.15. The summed E-state index contributed by atoms with van der Waals surface area (Å²) in [5.41, 5.74) is 0.643. The monoisotopic (exact) mass is 266 g/mol. The highest BCUT2D eigenvalue weighted by atomic mass is 35.5. The van der Waals surface area contributed by atoms with Gasteiger partial charge in [-0.25, -0.2) is 9.97 Å². The van der Waals surface area contributed by atoms with Crippen LogP contribution >= 0.6 is 22.9 Å². The van der Waals surface area contributed by atoms with Crippen molar-refractivity contribution in [3.05, 3.63) is 51.4 Å². The van der Waals surface area contributed by atoms with Gasteiger partial charge in [0.25, 0.3) is 5.56 Å². The van der Waals surface area contributed by atoms with Gasteiger partial charge in [0.15, 0.2) is 4.96 Å². The largest absolute Gasteiger partial charge is 0.297 e. The molecule has 3 rings (SSSR count). The van der Waals surface area contributed by atoms with Crippen LogP contribution in [0.15, 0.2) is 35.0 Å². The number of hydrogen-bond donors (Lipinski definition) is 0. The standard InChI is InChI=1S/C10H7ClN4OS/c11-8-3-9(16)15(6-12-8)5-7-4-14-1-2-17-10(14)13-7/h1-4,6H,5H2. The summed E-state index contributed by atoms with van der Waals surface area (Å²) in [6.07, 6.45) is 5.25. The average molecular weight is 267 g/mol. The Labute approximate surface area is 105 Å². The minimum absolute atomic E-state index is 0.179. The molecule has 0 fully saturated rings. The van der Waals surface area contributed by atoms with Gasteiger partial charge in [0.1, 0.15) is 5.15 Å². The Morgan fingerprint density at radius 2 is 2.35 bits per heavy atom. The summed E-state index contributed by atoms with van der Waals surface area (Å²) in [5, 5.41) is 2.17. The van der Waals surface area contributed by atoms with E-state index in [1.165, 1.54) is 17.0 Å². The van der Waals surface area contributed by atoms with E-state index in [1.54, 1.807) is 11.3 Å². The Morgan fingerprint density at radius 3 is 3.12 bits per heavy atom. The first-order valence-electron chi connectivity index (χ1n) is 4.85. The number of nitrogens with zero attached hydrogens (tertiary/aromatic N) is 4. The van der Waals surface area contributed by atoms with Gasteiger partial charge in [-0.05, 0) is 0 Å². The molecule has 0 atom stereocenters. The van der Waals surface area contributed by atoms with Gasteiger partial charge in [-0.15, -0.1) is 11.3 Å². The molecule has 0 aromatic carbocycles. The van der Waals surface area contributed by atoms with E-state index >= 15 is 0 Å². The molecule has 5 nitrogen and oxygen atoms in total. The lowest BCUT2D eigenvalue weighted by Crippen LogP contribution is -2.19. The predicted molar refractivity (Wildman–Crippen MR) is 65.7 cm³/mol. The molecule has 0 saturated heterocycles. The zero-order valence-electron chi connectivity index (χ0n) is 8.58. The smallest absolute Gasteiger partial charge is 0.255 e. The molecule has 0 spiro atoms. The first kappa shape index (κ1) is 10.5. The van der Waals surface area contributed by atoms with Crippen molar-refractivity contribution in [1.82, 2.24) is 18.9 Å². The lowest BCUT2D eigenvalue weighted by Gasteiger charge is -2.01. The highest BCUT2D eigenvalue weighted by Gasteiger charge is 2.05. The van der Waals surface area contributed by atoms with Crippen molar-refractivity contribution >= 4 is 27.9 Å². The molecule has 0 bridgehead atoms. The van der Waals surface area contributed by atoms with Gasteiger partial charge in [0.2, 0.25) is 0 Å². The lowest BCUT2D eigenvalue weighted by molar-refractivity contribution is 0.723. The van der Waals surface area contributed by atoms with E-state index in [-0.39, 0.29) is 10.7 Å². The molecule has 0 unspecified atom stereocenters. The molecule has 0 N–H and O–H groups in total. The number of imidazole rings is 1. The maximum absolute atomic E-state index is 11.6. The Balaban J connectivity index is 1.96. The number of aromatic nitrogens is 4. The van der Waals surface area contributed by atoms with Crippen molar-refractivity contribution in [3.63, 3.8) is 0 Å². The predicted octanol–water partition coefficient (Wildman–Crippen LogP) is 1.65. The fourth-order valence-corrected chi connectivity index (χ4v) is 2.41. The molecule has 0 amide bonds. The van der Waals surface area contributed by atoms with Gasteiger partial charge < -0.3 is 0 Å². The summed E-state index contributed by atoms with van der Waals surface area (Å²) in [4.78, 5) is 20.8. The lowest BCUT2D eigenvalue weighted by atomic mass is 10.4. The minimum atomic E-state index is -0.179. The maximum Gasteiger partial charge on any atom is 0.255 e. The molecule has 3 heterocycles. The van der Waals surface area contributed by atoms with E-state index in [0.29, 0.717) is 6.54 Å². The van der Waals surface area contributed by atoms with Crippen LogP contribution in [0, 0.1) is 0 Å². The maximum atomic E-state index is 11.6. The van der Waals surface area contributed by atoms with Crippen molar-refractivity contribution < 1.29 is 0 Å². The molecule has 86 valence electrons. The van der Waals surface area contributed by atoms with Crippen LogP contribution in [0.25, 0.3) is 4.96 Å². The van der Waals surface area contributed by atoms with Gasteiger partial charge >= 0.3 is 0 Å². The van der Waals surface area contributed by atoms with E-state index in [2.05, 4.69) is 9.97 Å². The van der Waals surface area contributed by atoms with Gasteiger partial charge in [0, 0.05) is 23.8 Å². The van der Waals surface area contributed by atoms with Crippen molar-refractivity contribution in [2.24, 2.45) is 0 Å². The third kappa shape index (κ3) is 1.96. The number of hydrogen-bond acceptors (Lipinski definition) is 4. The Morgan fingerprint density at radius 1 is 1.47 bits per heavy atom. The molecule has 3 aromatic rings. The summed E-state index contributed by atoms with van der Waals surface area (Å²) < 4.78 is 3.40. The number of rotatable bonds is 2. The molecule has 7 heteroatoms. The molecule has 3 aromatic heterocycles. The van der Waals surface area contributed by atoms with Crippen molar-refractivity contribution in [1.29, 1.82) is 0 Å². The minimum Gasteiger partial charge on any atom is -0.297 e. The highest BCUT2D eigenvalue weighted by Crippen LogP contribution is 2.11. The molecular formula is C10H7ClN4OS. The topological polar surface area (TPSA) is 52.2 Å². The number of thiazole rings is 1. The Kier molecular flexibility index (Phi) is 2.45. The zero-order chi connectivity index (χ0) is 11.8. The fourth-order valence-electron chi connectivity index (χ4n) is 1.55. The third-order valence-corrected chi connectivity index (χ3v) is 3.30. The van der Waals surface area contributed by atoms with Crippen LogP contribution in [0.5, 0.6) is 0 Å². The van der Waals surface area contributed by atoms with Crippen LogP contribution < -0.4 is 5.56 Å². The van der Waals surface area contributed by atoms with Gasteiger partial charge in [-0.2, -0.15) is 0 Å². The second-order valence-corrected chi connectivity index (χ2v) is 4.76. The molecule has 0 radical (unpaired) electrons. The van der Waals surface area contributed by atoms with Crippen LogP contribution in [-0.4, -0.2) is 18.9 Å². The number of halogens is 1. The molecule has 0 aliphatic carbocycles. The summed E-state index contributed by atoms with van der Waals surface area (Å²) >= 11 is 7.18. The SMILES string of the molecule is O=c1cc(Cl)ncn1Cc1cn2ccsc2n1. The third-order valence-electron chi connectivity index (χ3n) is 2.32. The molecule has 17 heavy (non-hydrogen) atoms. The first-order valence-corrected chi connectivity index (χ1v) is 6.11. The molecule has 0 saturated carbocycles. The second kappa shape index (κ2) is 3.97. The molecular weight excluding hydrogens is 260 g/mol. The van der Waals surface area contributed by atoms with E-state index in [9.17, 15) is 4.79 Å². The molecule has 0 aliphatic rings. The van der Waals surface area contributed by atoms with Gasteiger partial charge in [-0.1, -0.05) is 11.6 Å². The Hall–Kier alpha value is -1.66. The first-order chi connectivity index (χ1) is 8.22. The summed E-state index contributed by atoms with van der Waals surface area (Å²) in [5.74, 6) is 0. The van der Waals surface area contributed by atoms with Crippen LogP contribution in [0.4, 0.5) is 0 Å². The normalized spacial score (nSPS) is 11.1. The quantitative estimate of drug-likeness (QED) is 0.663. The van der Waals surface area contributed by atoms with Crippen LogP contribution in [-0.2, 0) is 6.54 Å².